The maximum absolute atomic E-state index is 6.22. The van der Waals surface area contributed by atoms with Crippen molar-refractivity contribution in [1.29, 1.82) is 0 Å². The number of nitrogens with one attached hydrogen (secondary N) is 2. The number of morpholine rings is 2. The van der Waals surface area contributed by atoms with Gasteiger partial charge in [-0.1, -0.05) is 0 Å². The Morgan fingerprint density at radius 1 is 0.846 bits per heavy atom. The molecule has 0 atom stereocenters. The fourth-order valence-corrected chi connectivity index (χ4v) is 3.17. The van der Waals surface area contributed by atoms with E-state index in [0.29, 0.717) is 17.3 Å². The Kier molecular flexibility index (Phi) is 7.68. The molecule has 4 N–H and O–H groups in total. The zero-order chi connectivity index (χ0) is 18.0. The molecule has 0 aromatic carbocycles. The fourth-order valence-electron chi connectivity index (χ4n) is 3.17. The molecular formula is C17H31N7O2. The third-order valence-corrected chi connectivity index (χ3v) is 4.76. The molecule has 3 rings (SSSR count). The van der Waals surface area contributed by atoms with Crippen LogP contribution >= 0.6 is 0 Å². The van der Waals surface area contributed by atoms with E-state index in [9.17, 15) is 0 Å². The predicted octanol–water partition coefficient (Wildman–Crippen LogP) is -0.0629. The van der Waals surface area contributed by atoms with Crippen molar-refractivity contribution in [2.24, 2.45) is 0 Å². The van der Waals surface area contributed by atoms with Gasteiger partial charge in [0.15, 0.2) is 11.6 Å². The first-order valence-electron chi connectivity index (χ1n) is 9.51. The highest BCUT2D eigenvalue weighted by Crippen LogP contribution is 2.22. The van der Waals surface area contributed by atoms with Crippen molar-refractivity contribution in [2.75, 3.05) is 95.2 Å². The molecule has 0 aliphatic carbocycles. The van der Waals surface area contributed by atoms with Gasteiger partial charge in [0.2, 0.25) is 0 Å². The zero-order valence-corrected chi connectivity index (χ0v) is 15.5. The molecule has 2 fully saturated rings. The molecule has 9 heteroatoms. The van der Waals surface area contributed by atoms with Crippen LogP contribution in [0.2, 0.25) is 0 Å². The number of nitrogens with two attached hydrogens (primary N) is 1. The van der Waals surface area contributed by atoms with Crippen LogP contribution in [0.5, 0.6) is 0 Å². The van der Waals surface area contributed by atoms with Gasteiger partial charge in [-0.3, -0.25) is 9.80 Å². The largest absolute Gasteiger partial charge is 0.393 e. The minimum Gasteiger partial charge on any atom is -0.393 e. The Morgan fingerprint density at radius 2 is 1.38 bits per heavy atom. The second-order valence-corrected chi connectivity index (χ2v) is 6.60. The summed E-state index contributed by atoms with van der Waals surface area (Å²) >= 11 is 0. The van der Waals surface area contributed by atoms with Crippen LogP contribution in [0.15, 0.2) is 6.33 Å². The van der Waals surface area contributed by atoms with E-state index in [1.165, 1.54) is 0 Å². The first-order valence-corrected chi connectivity index (χ1v) is 9.51. The van der Waals surface area contributed by atoms with Gasteiger partial charge in [0.25, 0.3) is 0 Å². The molecule has 3 heterocycles. The smallest absolute Gasteiger partial charge is 0.154 e. The van der Waals surface area contributed by atoms with E-state index in [0.717, 1.165) is 85.2 Å². The Hall–Kier alpha value is -1.68. The third kappa shape index (κ3) is 5.94. The molecule has 0 amide bonds. The van der Waals surface area contributed by atoms with Gasteiger partial charge < -0.3 is 25.8 Å². The second-order valence-electron chi connectivity index (χ2n) is 6.60. The van der Waals surface area contributed by atoms with E-state index >= 15 is 0 Å². The minimum absolute atomic E-state index is 0.584. The summed E-state index contributed by atoms with van der Waals surface area (Å²) in [5.41, 5.74) is 6.80. The molecule has 1 aromatic heterocycles. The molecule has 0 radical (unpaired) electrons. The summed E-state index contributed by atoms with van der Waals surface area (Å²) in [7, 11) is 0. The molecule has 2 aliphatic rings. The van der Waals surface area contributed by atoms with E-state index in [-0.39, 0.29) is 0 Å². The maximum atomic E-state index is 6.22. The standard InChI is InChI=1S/C17H31N7O2/c18-15-16(19-2-1-4-23-6-10-25-11-7-23)21-14-22-17(15)20-3-5-24-8-12-26-13-9-24/h14H,1-13,18H2,(H2,19,20,21,22). The Bertz CT molecular complexity index is 534. The molecular weight excluding hydrogens is 334 g/mol. The lowest BCUT2D eigenvalue weighted by Crippen LogP contribution is -2.39. The molecule has 2 aliphatic heterocycles. The predicted molar refractivity (Wildman–Crippen MR) is 103 cm³/mol. The SMILES string of the molecule is Nc1c(NCCCN2CCOCC2)ncnc1NCCN1CCOCC1. The lowest BCUT2D eigenvalue weighted by atomic mass is 10.3. The third-order valence-electron chi connectivity index (χ3n) is 4.76. The van der Waals surface area contributed by atoms with E-state index in [1.807, 2.05) is 0 Å². The van der Waals surface area contributed by atoms with Crippen molar-refractivity contribution in [1.82, 2.24) is 19.8 Å². The lowest BCUT2D eigenvalue weighted by molar-refractivity contribution is 0.0378. The molecule has 26 heavy (non-hydrogen) atoms. The average Bonchev–Trinajstić information content (AvgIpc) is 2.69. The van der Waals surface area contributed by atoms with Crippen molar-refractivity contribution in [3.05, 3.63) is 6.33 Å². The number of nitrogens with zero attached hydrogens (tertiary/aromatic N) is 4. The number of hydrogen-bond donors (Lipinski definition) is 3. The first kappa shape index (κ1) is 19.1. The zero-order valence-electron chi connectivity index (χ0n) is 15.5. The number of anilines is 3. The van der Waals surface area contributed by atoms with Crippen LogP contribution < -0.4 is 16.4 Å². The summed E-state index contributed by atoms with van der Waals surface area (Å²) < 4.78 is 10.7. The summed E-state index contributed by atoms with van der Waals surface area (Å²) in [6, 6.07) is 0. The second kappa shape index (κ2) is 10.5. The summed E-state index contributed by atoms with van der Waals surface area (Å²) in [4.78, 5) is 13.3. The summed E-state index contributed by atoms with van der Waals surface area (Å²) in [5.74, 6) is 1.40. The molecule has 0 unspecified atom stereocenters. The van der Waals surface area contributed by atoms with Gasteiger partial charge in [0, 0.05) is 45.8 Å². The quantitative estimate of drug-likeness (QED) is 0.519. The average molecular weight is 365 g/mol. The van der Waals surface area contributed by atoms with Gasteiger partial charge in [0.05, 0.1) is 26.4 Å². The summed E-state index contributed by atoms with van der Waals surface area (Å²) in [6.45, 7) is 11.0. The highest BCUT2D eigenvalue weighted by atomic mass is 16.5. The Morgan fingerprint density at radius 3 is 2.00 bits per heavy atom. The van der Waals surface area contributed by atoms with Gasteiger partial charge in [0.1, 0.15) is 12.0 Å². The van der Waals surface area contributed by atoms with Crippen LogP contribution in [0.1, 0.15) is 6.42 Å². The molecule has 0 saturated carbocycles. The first-order chi connectivity index (χ1) is 12.8. The normalized spacial score (nSPS) is 19.4. The van der Waals surface area contributed by atoms with Gasteiger partial charge in [-0.05, 0) is 13.0 Å². The van der Waals surface area contributed by atoms with E-state index in [1.54, 1.807) is 6.33 Å². The molecule has 9 nitrogen and oxygen atoms in total. The number of rotatable bonds is 9. The topological polar surface area (TPSA) is 101 Å². The van der Waals surface area contributed by atoms with E-state index < -0.39 is 0 Å². The highest BCUT2D eigenvalue weighted by molar-refractivity contribution is 5.73. The van der Waals surface area contributed by atoms with Crippen LogP contribution in [-0.4, -0.2) is 98.6 Å². The van der Waals surface area contributed by atoms with Crippen LogP contribution in [-0.2, 0) is 9.47 Å². The Labute approximate surface area is 155 Å². The van der Waals surface area contributed by atoms with Gasteiger partial charge in [-0.2, -0.15) is 0 Å². The molecule has 146 valence electrons. The van der Waals surface area contributed by atoms with Crippen molar-refractivity contribution < 1.29 is 9.47 Å². The number of hydrogen-bond acceptors (Lipinski definition) is 9. The van der Waals surface area contributed by atoms with E-state index in [4.69, 9.17) is 15.2 Å². The van der Waals surface area contributed by atoms with Gasteiger partial charge in [-0.15, -0.1) is 0 Å². The monoisotopic (exact) mass is 365 g/mol. The van der Waals surface area contributed by atoms with Crippen LogP contribution in [0.3, 0.4) is 0 Å². The van der Waals surface area contributed by atoms with Crippen molar-refractivity contribution in [2.45, 2.75) is 6.42 Å². The molecule has 1 aromatic rings. The van der Waals surface area contributed by atoms with Gasteiger partial charge >= 0.3 is 0 Å². The molecule has 2 saturated heterocycles. The summed E-state index contributed by atoms with van der Waals surface area (Å²) in [5, 5.41) is 6.65. The number of ether oxygens (including phenoxy) is 2. The lowest BCUT2D eigenvalue weighted by Gasteiger charge is -2.26. The number of nitrogen functional groups attached to an aromatic ring is 1. The molecule has 0 spiro atoms. The van der Waals surface area contributed by atoms with Crippen molar-refractivity contribution >= 4 is 17.3 Å². The fraction of sp³-hybridized carbons (Fsp3) is 0.765. The van der Waals surface area contributed by atoms with Gasteiger partial charge in [-0.25, -0.2) is 9.97 Å². The highest BCUT2D eigenvalue weighted by Gasteiger charge is 2.12. The van der Waals surface area contributed by atoms with Crippen LogP contribution in [0.25, 0.3) is 0 Å². The Balaban J connectivity index is 1.38. The van der Waals surface area contributed by atoms with Crippen molar-refractivity contribution in [3.63, 3.8) is 0 Å². The van der Waals surface area contributed by atoms with Crippen molar-refractivity contribution in [3.8, 4) is 0 Å². The maximum Gasteiger partial charge on any atom is 0.154 e. The van der Waals surface area contributed by atoms with Crippen LogP contribution in [0.4, 0.5) is 17.3 Å². The van der Waals surface area contributed by atoms with Crippen LogP contribution in [0, 0.1) is 0 Å². The summed E-state index contributed by atoms with van der Waals surface area (Å²) in [6.07, 6.45) is 2.60. The van der Waals surface area contributed by atoms with E-state index in [2.05, 4.69) is 30.4 Å². The number of aromatic nitrogens is 2. The minimum atomic E-state index is 0.584. The molecule has 0 bridgehead atoms.